The van der Waals surface area contributed by atoms with Gasteiger partial charge in [-0.3, -0.25) is 0 Å². The summed E-state index contributed by atoms with van der Waals surface area (Å²) < 4.78 is 8.67. The lowest BCUT2D eigenvalue weighted by atomic mass is 9.65. The first-order valence-electron chi connectivity index (χ1n) is 14.3. The molecule has 0 saturated carbocycles. The van der Waals surface area contributed by atoms with Gasteiger partial charge < -0.3 is 14.3 Å². The molecule has 2 aliphatic rings. The molecule has 1 spiro atoms. The highest BCUT2D eigenvalue weighted by Crippen LogP contribution is 2.60. The minimum Gasteiger partial charge on any atom is -0.427 e. The van der Waals surface area contributed by atoms with Crippen LogP contribution in [0.3, 0.4) is 0 Å². The number of para-hydroxylation sites is 2. The average Bonchev–Trinajstić information content (AvgIpc) is 3.47. The summed E-state index contributed by atoms with van der Waals surface area (Å²) in [6.07, 6.45) is 0. The molecular formula is C37H31BNO2. The van der Waals surface area contributed by atoms with Crippen molar-refractivity contribution in [2.24, 2.45) is 0 Å². The fraction of sp³-hybridized carbons (Fsp3) is 0.189. The van der Waals surface area contributed by atoms with Gasteiger partial charge in [0.1, 0.15) is 0 Å². The fourth-order valence-corrected chi connectivity index (χ4v) is 7.02. The molecule has 1 aromatic heterocycles. The number of benzene rings is 5. The predicted octanol–water partition coefficient (Wildman–Crippen LogP) is 7.27. The topological polar surface area (TPSA) is 34.4 Å². The molecule has 199 valence electrons. The Morgan fingerprint density at radius 3 is 1.98 bits per heavy atom. The van der Waals surface area contributed by atoms with Crippen molar-refractivity contribution in [2.45, 2.75) is 44.3 Å². The third-order valence-corrected chi connectivity index (χ3v) is 9.68. The molecular weight excluding hydrogens is 501 g/mol. The van der Waals surface area contributed by atoms with Crippen LogP contribution >= 0.6 is 0 Å². The SMILES string of the molecule is CC(C)(O)C(C)(C)O[B]c1ccc2c(c1)-n1c3ccccc3c3cccc(c31)C21c2ccccc2-c2ccccc21. The second-order valence-electron chi connectivity index (χ2n) is 12.5. The lowest BCUT2D eigenvalue weighted by Gasteiger charge is -2.40. The number of hydrogen-bond acceptors (Lipinski definition) is 2. The van der Waals surface area contributed by atoms with Crippen LogP contribution in [0.15, 0.2) is 109 Å². The van der Waals surface area contributed by atoms with Gasteiger partial charge in [0.15, 0.2) is 0 Å². The molecule has 0 amide bonds. The molecule has 8 rings (SSSR count). The minimum absolute atomic E-state index is 0.446. The van der Waals surface area contributed by atoms with Crippen molar-refractivity contribution in [3.05, 3.63) is 131 Å². The Morgan fingerprint density at radius 2 is 1.27 bits per heavy atom. The first-order valence-corrected chi connectivity index (χ1v) is 14.3. The summed E-state index contributed by atoms with van der Waals surface area (Å²) >= 11 is 0. The second kappa shape index (κ2) is 8.22. The van der Waals surface area contributed by atoms with Gasteiger partial charge in [-0.2, -0.15) is 0 Å². The van der Waals surface area contributed by atoms with Crippen LogP contribution in [0.2, 0.25) is 0 Å². The molecule has 6 aromatic rings. The predicted molar refractivity (Wildman–Crippen MR) is 168 cm³/mol. The Hall–Kier alpha value is -4.12. The Balaban J connectivity index is 1.48. The highest BCUT2D eigenvalue weighted by molar-refractivity contribution is 6.47. The largest absolute Gasteiger partial charge is 0.427 e. The zero-order valence-electron chi connectivity index (χ0n) is 23.8. The Labute approximate surface area is 241 Å². The van der Waals surface area contributed by atoms with Gasteiger partial charge in [-0.05, 0) is 73.2 Å². The molecule has 2 heterocycles. The molecule has 3 nitrogen and oxygen atoms in total. The van der Waals surface area contributed by atoms with Crippen LogP contribution in [0.1, 0.15) is 49.9 Å². The normalized spacial score (nSPS) is 14.8. The molecule has 0 saturated heterocycles. The zero-order chi connectivity index (χ0) is 28.1. The van der Waals surface area contributed by atoms with Gasteiger partial charge >= 0.3 is 7.48 Å². The number of fused-ring (bicyclic) bond motifs is 12. The van der Waals surface area contributed by atoms with E-state index in [1.165, 1.54) is 55.2 Å². The van der Waals surface area contributed by atoms with E-state index >= 15 is 0 Å². The number of aromatic nitrogens is 1. The van der Waals surface area contributed by atoms with Crippen molar-refractivity contribution in [3.63, 3.8) is 0 Å². The summed E-state index contributed by atoms with van der Waals surface area (Å²) in [6.45, 7) is 7.41. The highest BCUT2D eigenvalue weighted by atomic mass is 16.5. The molecule has 4 heteroatoms. The maximum absolute atomic E-state index is 10.7. The second-order valence-corrected chi connectivity index (χ2v) is 12.5. The third-order valence-electron chi connectivity index (χ3n) is 9.68. The highest BCUT2D eigenvalue weighted by Gasteiger charge is 2.50. The molecule has 5 aromatic carbocycles. The van der Waals surface area contributed by atoms with Crippen LogP contribution in [-0.2, 0) is 10.1 Å². The van der Waals surface area contributed by atoms with Gasteiger partial charge in [-0.25, -0.2) is 0 Å². The van der Waals surface area contributed by atoms with Crippen LogP contribution in [0.25, 0.3) is 38.6 Å². The molecule has 1 aliphatic heterocycles. The van der Waals surface area contributed by atoms with E-state index in [0.29, 0.717) is 0 Å². The summed E-state index contributed by atoms with van der Waals surface area (Å²) in [5, 5.41) is 13.2. The first-order chi connectivity index (χ1) is 19.7. The van der Waals surface area contributed by atoms with Crippen LogP contribution in [0.5, 0.6) is 0 Å². The van der Waals surface area contributed by atoms with Crippen molar-refractivity contribution < 1.29 is 9.76 Å². The summed E-state index contributed by atoms with van der Waals surface area (Å²) in [6, 6.07) is 40.0. The minimum atomic E-state index is -0.999. The third kappa shape index (κ3) is 3.12. The van der Waals surface area contributed by atoms with E-state index in [1.54, 1.807) is 21.3 Å². The van der Waals surface area contributed by atoms with Crippen molar-refractivity contribution in [2.75, 3.05) is 0 Å². The number of rotatable bonds is 4. The van der Waals surface area contributed by atoms with Crippen molar-refractivity contribution in [1.29, 1.82) is 0 Å². The Kier molecular flexibility index (Phi) is 4.95. The molecule has 1 N–H and O–H groups in total. The number of aliphatic hydroxyl groups is 1. The van der Waals surface area contributed by atoms with Gasteiger partial charge in [0.25, 0.3) is 0 Å². The molecule has 0 fully saturated rings. The van der Waals surface area contributed by atoms with E-state index in [4.69, 9.17) is 4.65 Å². The van der Waals surface area contributed by atoms with Crippen LogP contribution in [0.4, 0.5) is 0 Å². The lowest BCUT2D eigenvalue weighted by molar-refractivity contribution is -0.0893. The standard InChI is InChI=1S/C37H31BNO2/c1-35(2,40)36(3,4)41-38-23-20-21-30-33(22-23)39-32-19-10-7-14-26(32)27-15-11-18-31(34(27)39)37(30)28-16-8-5-12-24(28)25-13-6-9-17-29(25)37/h5-22,40H,1-4H3. The van der Waals surface area contributed by atoms with Gasteiger partial charge in [-0.15, -0.1) is 0 Å². The molecule has 0 bridgehead atoms. The molecule has 1 aliphatic carbocycles. The Bertz CT molecular complexity index is 1980. The lowest BCUT2D eigenvalue weighted by Crippen LogP contribution is -2.49. The molecule has 0 atom stereocenters. The number of hydrogen-bond donors (Lipinski definition) is 1. The summed E-state index contributed by atoms with van der Waals surface area (Å²) in [7, 11) is 1.80. The van der Waals surface area contributed by atoms with Crippen LogP contribution < -0.4 is 5.46 Å². The summed E-state index contributed by atoms with van der Waals surface area (Å²) in [5.74, 6) is 0. The molecule has 1 radical (unpaired) electrons. The number of nitrogens with zero attached hydrogens (tertiary/aromatic N) is 1. The van der Waals surface area contributed by atoms with E-state index in [0.717, 1.165) is 11.2 Å². The summed E-state index contributed by atoms with van der Waals surface area (Å²) in [4.78, 5) is 0. The molecule has 0 unspecified atom stereocenters. The van der Waals surface area contributed by atoms with Gasteiger partial charge in [0.2, 0.25) is 0 Å². The van der Waals surface area contributed by atoms with Crippen molar-refractivity contribution >= 4 is 34.8 Å². The van der Waals surface area contributed by atoms with Crippen molar-refractivity contribution in [3.8, 4) is 16.8 Å². The van der Waals surface area contributed by atoms with Crippen LogP contribution in [0, 0.1) is 0 Å². The smallest absolute Gasteiger partial charge is 0.330 e. The van der Waals surface area contributed by atoms with Crippen molar-refractivity contribution in [1.82, 2.24) is 4.57 Å². The molecule has 41 heavy (non-hydrogen) atoms. The van der Waals surface area contributed by atoms with Gasteiger partial charge in [-0.1, -0.05) is 103 Å². The van der Waals surface area contributed by atoms with E-state index in [2.05, 4.69) is 114 Å². The van der Waals surface area contributed by atoms with Crippen LogP contribution in [-0.4, -0.2) is 28.4 Å². The van der Waals surface area contributed by atoms with E-state index in [1.807, 2.05) is 13.8 Å². The van der Waals surface area contributed by atoms with E-state index in [9.17, 15) is 5.11 Å². The average molecular weight is 532 g/mol. The quantitative estimate of drug-likeness (QED) is 0.242. The monoisotopic (exact) mass is 532 g/mol. The van der Waals surface area contributed by atoms with Gasteiger partial charge in [0.05, 0.1) is 33.3 Å². The fourth-order valence-electron chi connectivity index (χ4n) is 7.02. The maximum atomic E-state index is 10.7. The first kappa shape index (κ1) is 24.7. The maximum Gasteiger partial charge on any atom is 0.330 e. The van der Waals surface area contributed by atoms with Gasteiger partial charge in [0, 0.05) is 10.8 Å². The Morgan fingerprint density at radius 1 is 0.659 bits per heavy atom. The summed E-state index contributed by atoms with van der Waals surface area (Å²) in [5.41, 5.74) is 10.2. The van der Waals surface area contributed by atoms with E-state index < -0.39 is 16.6 Å². The zero-order valence-corrected chi connectivity index (χ0v) is 23.8. The van der Waals surface area contributed by atoms with E-state index in [-0.39, 0.29) is 0 Å².